The second-order valence-corrected chi connectivity index (χ2v) is 4.15. The third-order valence-corrected chi connectivity index (χ3v) is 3.00. The van der Waals surface area contributed by atoms with E-state index in [1.165, 1.54) is 12.1 Å². The van der Waals surface area contributed by atoms with Gasteiger partial charge in [0.2, 0.25) is 0 Å². The Kier molecular flexibility index (Phi) is 4.25. The van der Waals surface area contributed by atoms with Crippen molar-refractivity contribution < 1.29 is 9.50 Å². The van der Waals surface area contributed by atoms with Gasteiger partial charge >= 0.3 is 0 Å². The van der Waals surface area contributed by atoms with Crippen molar-refractivity contribution >= 4 is 11.8 Å². The molecule has 0 amide bonds. The summed E-state index contributed by atoms with van der Waals surface area (Å²) in [4.78, 5) is 1.04. The van der Waals surface area contributed by atoms with Crippen LogP contribution in [0.4, 0.5) is 4.39 Å². The molecule has 0 aliphatic carbocycles. The number of aliphatic hydroxyl groups excluding tert-OH is 1. The molecule has 0 saturated carbocycles. The van der Waals surface area contributed by atoms with Crippen molar-refractivity contribution in [3.63, 3.8) is 0 Å². The summed E-state index contributed by atoms with van der Waals surface area (Å²) in [6.45, 7) is 2.19. The van der Waals surface area contributed by atoms with Crippen LogP contribution in [0.25, 0.3) is 0 Å². The van der Waals surface area contributed by atoms with Gasteiger partial charge in [0.05, 0.1) is 0 Å². The molecule has 0 heterocycles. The maximum atomic E-state index is 12.5. The molecule has 0 aromatic heterocycles. The standard InChI is InChI=1S/C10H13FOS/c1-8(6-12)7-13-10-4-2-9(11)3-5-10/h2-5,8,12H,6-7H2,1H3. The monoisotopic (exact) mass is 200 g/mol. The Morgan fingerprint density at radius 1 is 1.38 bits per heavy atom. The Hall–Kier alpha value is -0.540. The molecule has 0 spiro atoms. The van der Waals surface area contributed by atoms with Crippen molar-refractivity contribution in [2.24, 2.45) is 5.92 Å². The van der Waals surface area contributed by atoms with Gasteiger partial charge in [-0.3, -0.25) is 0 Å². The number of rotatable bonds is 4. The van der Waals surface area contributed by atoms with Crippen LogP contribution in [0.2, 0.25) is 0 Å². The van der Waals surface area contributed by atoms with E-state index in [0.717, 1.165) is 10.6 Å². The summed E-state index contributed by atoms with van der Waals surface area (Å²) < 4.78 is 12.5. The highest BCUT2D eigenvalue weighted by Crippen LogP contribution is 2.20. The van der Waals surface area contributed by atoms with Gasteiger partial charge in [0, 0.05) is 17.3 Å². The summed E-state index contributed by atoms with van der Waals surface area (Å²) in [6, 6.07) is 6.41. The van der Waals surface area contributed by atoms with E-state index in [1.54, 1.807) is 23.9 Å². The zero-order valence-corrected chi connectivity index (χ0v) is 8.35. The van der Waals surface area contributed by atoms with Crippen molar-refractivity contribution in [2.75, 3.05) is 12.4 Å². The Morgan fingerprint density at radius 3 is 2.54 bits per heavy atom. The lowest BCUT2D eigenvalue weighted by Gasteiger charge is -2.06. The molecular weight excluding hydrogens is 187 g/mol. The summed E-state index contributed by atoms with van der Waals surface area (Å²) in [7, 11) is 0. The second kappa shape index (κ2) is 5.25. The first-order valence-corrected chi connectivity index (χ1v) is 5.20. The van der Waals surface area contributed by atoms with Crippen LogP contribution < -0.4 is 0 Å². The van der Waals surface area contributed by atoms with Crippen molar-refractivity contribution in [1.29, 1.82) is 0 Å². The Labute approximate surface area is 82.0 Å². The molecule has 0 radical (unpaired) electrons. The molecular formula is C10H13FOS. The lowest BCUT2D eigenvalue weighted by molar-refractivity contribution is 0.250. The lowest BCUT2D eigenvalue weighted by Crippen LogP contribution is -2.02. The van der Waals surface area contributed by atoms with Crippen LogP contribution in [0.3, 0.4) is 0 Å². The van der Waals surface area contributed by atoms with Gasteiger partial charge in [0.1, 0.15) is 5.82 Å². The number of hydrogen-bond donors (Lipinski definition) is 1. The van der Waals surface area contributed by atoms with Gasteiger partial charge in [-0.2, -0.15) is 0 Å². The van der Waals surface area contributed by atoms with E-state index in [1.807, 2.05) is 6.92 Å². The number of benzene rings is 1. The van der Waals surface area contributed by atoms with Crippen molar-refractivity contribution in [2.45, 2.75) is 11.8 Å². The van der Waals surface area contributed by atoms with Crippen LogP contribution in [-0.2, 0) is 0 Å². The van der Waals surface area contributed by atoms with Crippen molar-refractivity contribution in [1.82, 2.24) is 0 Å². The van der Waals surface area contributed by atoms with E-state index in [9.17, 15) is 4.39 Å². The Morgan fingerprint density at radius 2 is 2.00 bits per heavy atom. The van der Waals surface area contributed by atoms with Crippen LogP contribution in [0.1, 0.15) is 6.92 Å². The molecule has 1 N–H and O–H groups in total. The zero-order chi connectivity index (χ0) is 9.68. The highest BCUT2D eigenvalue weighted by molar-refractivity contribution is 7.99. The quantitative estimate of drug-likeness (QED) is 0.754. The maximum Gasteiger partial charge on any atom is 0.123 e. The fourth-order valence-electron chi connectivity index (χ4n) is 0.822. The molecule has 1 atom stereocenters. The molecule has 0 fully saturated rings. The van der Waals surface area contributed by atoms with E-state index in [-0.39, 0.29) is 18.3 Å². The highest BCUT2D eigenvalue weighted by Gasteiger charge is 2.01. The molecule has 0 saturated heterocycles. The Balaban J connectivity index is 2.41. The molecule has 1 nitrogen and oxygen atoms in total. The summed E-state index contributed by atoms with van der Waals surface area (Å²) in [5, 5.41) is 8.78. The van der Waals surface area contributed by atoms with Crippen LogP contribution >= 0.6 is 11.8 Å². The first-order valence-electron chi connectivity index (χ1n) is 4.21. The smallest absolute Gasteiger partial charge is 0.123 e. The van der Waals surface area contributed by atoms with E-state index in [0.29, 0.717) is 0 Å². The largest absolute Gasteiger partial charge is 0.396 e. The van der Waals surface area contributed by atoms with E-state index in [2.05, 4.69) is 0 Å². The van der Waals surface area contributed by atoms with Gasteiger partial charge < -0.3 is 5.11 Å². The fraction of sp³-hybridized carbons (Fsp3) is 0.400. The number of hydrogen-bond acceptors (Lipinski definition) is 2. The lowest BCUT2D eigenvalue weighted by atomic mass is 10.2. The molecule has 3 heteroatoms. The highest BCUT2D eigenvalue weighted by atomic mass is 32.2. The average molecular weight is 200 g/mol. The number of halogens is 1. The molecule has 1 aromatic rings. The topological polar surface area (TPSA) is 20.2 Å². The van der Waals surface area contributed by atoms with Crippen LogP contribution in [-0.4, -0.2) is 17.5 Å². The van der Waals surface area contributed by atoms with Gasteiger partial charge in [-0.1, -0.05) is 6.92 Å². The van der Waals surface area contributed by atoms with Gasteiger partial charge in [0.15, 0.2) is 0 Å². The molecule has 1 aromatic carbocycles. The third kappa shape index (κ3) is 3.79. The number of thioether (sulfide) groups is 1. The predicted octanol–water partition coefficient (Wildman–Crippen LogP) is 2.55. The first kappa shape index (κ1) is 10.5. The van der Waals surface area contributed by atoms with Gasteiger partial charge in [0.25, 0.3) is 0 Å². The minimum atomic E-state index is -0.209. The second-order valence-electron chi connectivity index (χ2n) is 3.05. The molecule has 1 rings (SSSR count). The normalized spacial score (nSPS) is 12.8. The van der Waals surface area contributed by atoms with Crippen LogP contribution in [0, 0.1) is 11.7 Å². The van der Waals surface area contributed by atoms with Crippen LogP contribution in [0.5, 0.6) is 0 Å². The average Bonchev–Trinajstić information content (AvgIpc) is 2.16. The summed E-state index contributed by atoms with van der Waals surface area (Å²) in [5.41, 5.74) is 0. The number of aliphatic hydroxyl groups is 1. The van der Waals surface area contributed by atoms with Gasteiger partial charge in [-0.25, -0.2) is 4.39 Å². The summed E-state index contributed by atoms with van der Waals surface area (Å²) >= 11 is 1.64. The SMILES string of the molecule is CC(CO)CSc1ccc(F)cc1. The molecule has 0 aliphatic rings. The van der Waals surface area contributed by atoms with Gasteiger partial charge in [-0.15, -0.1) is 11.8 Å². The summed E-state index contributed by atoms with van der Waals surface area (Å²) in [6.07, 6.45) is 0. The van der Waals surface area contributed by atoms with E-state index in [4.69, 9.17) is 5.11 Å². The maximum absolute atomic E-state index is 12.5. The fourth-order valence-corrected chi connectivity index (χ4v) is 1.73. The van der Waals surface area contributed by atoms with Crippen molar-refractivity contribution in [3.8, 4) is 0 Å². The molecule has 13 heavy (non-hydrogen) atoms. The molecule has 0 aliphatic heterocycles. The van der Waals surface area contributed by atoms with Crippen molar-refractivity contribution in [3.05, 3.63) is 30.1 Å². The molecule has 0 bridgehead atoms. The summed E-state index contributed by atoms with van der Waals surface area (Å²) in [5.74, 6) is 0.942. The Bertz CT molecular complexity index is 248. The van der Waals surface area contributed by atoms with Crippen LogP contribution in [0.15, 0.2) is 29.2 Å². The third-order valence-electron chi connectivity index (χ3n) is 1.66. The van der Waals surface area contributed by atoms with E-state index < -0.39 is 0 Å². The van der Waals surface area contributed by atoms with Gasteiger partial charge in [-0.05, 0) is 30.2 Å². The van der Waals surface area contributed by atoms with E-state index >= 15 is 0 Å². The predicted molar refractivity (Wildman–Crippen MR) is 53.4 cm³/mol. The molecule has 72 valence electrons. The zero-order valence-electron chi connectivity index (χ0n) is 7.53. The minimum Gasteiger partial charge on any atom is -0.396 e. The minimum absolute atomic E-state index is 0.203. The first-order chi connectivity index (χ1) is 6.22. The molecule has 1 unspecified atom stereocenters.